The highest BCUT2D eigenvalue weighted by atomic mass is 35.5. The van der Waals surface area contributed by atoms with Gasteiger partial charge >= 0.3 is 0 Å². The van der Waals surface area contributed by atoms with Gasteiger partial charge in [-0.05, 0) is 43.9 Å². The minimum atomic E-state index is -0.309. The van der Waals surface area contributed by atoms with E-state index in [9.17, 15) is 9.59 Å². The van der Waals surface area contributed by atoms with Crippen molar-refractivity contribution in [1.82, 2.24) is 15.3 Å². The summed E-state index contributed by atoms with van der Waals surface area (Å²) in [4.78, 5) is 33.4. The van der Waals surface area contributed by atoms with Crippen molar-refractivity contribution >= 4 is 34.8 Å². The number of amides is 2. The van der Waals surface area contributed by atoms with E-state index in [4.69, 9.17) is 16.6 Å². The molecule has 2 amide bonds. The summed E-state index contributed by atoms with van der Waals surface area (Å²) in [6.07, 6.45) is 10.8. The first-order valence-electron chi connectivity index (χ1n) is 11.4. The van der Waals surface area contributed by atoms with E-state index in [1.165, 1.54) is 6.42 Å². The number of hydrogen-bond donors (Lipinski definition) is 4. The zero-order chi connectivity index (χ0) is 22.5. The first-order chi connectivity index (χ1) is 15.5. The number of imidazole rings is 1. The molecule has 1 atom stereocenters. The van der Waals surface area contributed by atoms with Crippen molar-refractivity contribution in [3.8, 4) is 11.3 Å². The smallest absolute Gasteiger partial charge is 0.224 e. The number of fused-ring (bicyclic) bond motifs is 4. The number of aromatic amines is 1. The zero-order valence-corrected chi connectivity index (χ0v) is 19.1. The molecule has 2 bridgehead atoms. The van der Waals surface area contributed by atoms with E-state index >= 15 is 0 Å². The Morgan fingerprint density at radius 2 is 2.00 bits per heavy atom. The average molecular weight is 456 g/mol. The summed E-state index contributed by atoms with van der Waals surface area (Å²) in [6, 6.07) is 5.37. The van der Waals surface area contributed by atoms with Gasteiger partial charge in [0.1, 0.15) is 16.7 Å². The maximum atomic E-state index is 12.9. The lowest BCUT2D eigenvalue weighted by molar-refractivity contribution is -0.126. The number of allylic oxidation sites excluding steroid dienone is 1. The van der Waals surface area contributed by atoms with E-state index in [1.54, 1.807) is 0 Å². The molecule has 1 unspecified atom stereocenters. The summed E-state index contributed by atoms with van der Waals surface area (Å²) in [7, 11) is 1.83. The molecule has 32 heavy (non-hydrogen) atoms. The lowest BCUT2D eigenvalue weighted by Gasteiger charge is -2.23. The van der Waals surface area contributed by atoms with Crippen LogP contribution in [0.2, 0.25) is 5.15 Å². The van der Waals surface area contributed by atoms with E-state index in [1.807, 2.05) is 37.4 Å². The molecule has 7 nitrogen and oxygen atoms in total. The second-order valence-electron chi connectivity index (χ2n) is 8.49. The second kappa shape index (κ2) is 10.2. The molecule has 1 fully saturated rings. The van der Waals surface area contributed by atoms with Crippen molar-refractivity contribution in [2.45, 2.75) is 57.4 Å². The molecular weight excluding hydrogens is 426 g/mol. The standard InChI is InChI=1S/C24H30ClN5O2/c1-26-16-12-13-17-19(14-16)27-20(31)11-7-3-6-10-18(23-29-21(17)22(25)30-23)28-24(32)15-8-4-2-5-9-15/h3,6,12-15,18,26H,2,4-5,7-11H2,1H3,(H,27,31)(H,28,32)(H,29,30)/b6-3+. The quantitative estimate of drug-likeness (QED) is 0.478. The molecule has 1 aliphatic heterocycles. The number of nitrogens with one attached hydrogen (secondary N) is 4. The number of H-pyrrole nitrogens is 1. The minimum Gasteiger partial charge on any atom is -0.388 e. The largest absolute Gasteiger partial charge is 0.388 e. The van der Waals surface area contributed by atoms with Crippen LogP contribution in [0, 0.1) is 5.92 Å². The molecule has 2 aliphatic rings. The molecule has 0 saturated heterocycles. The van der Waals surface area contributed by atoms with Crippen LogP contribution in [0.3, 0.4) is 0 Å². The minimum absolute atomic E-state index is 0.0599. The van der Waals surface area contributed by atoms with Gasteiger partial charge in [-0.25, -0.2) is 4.98 Å². The lowest BCUT2D eigenvalue weighted by Crippen LogP contribution is -2.35. The van der Waals surface area contributed by atoms with Crippen molar-refractivity contribution < 1.29 is 9.59 Å². The number of aromatic nitrogens is 2. The molecule has 4 N–H and O–H groups in total. The second-order valence-corrected chi connectivity index (χ2v) is 8.86. The Labute approximate surface area is 193 Å². The number of carbonyl (C=O) groups excluding carboxylic acids is 2. The Hall–Kier alpha value is -2.80. The summed E-state index contributed by atoms with van der Waals surface area (Å²) in [5.41, 5.74) is 2.81. The maximum absolute atomic E-state index is 12.9. The van der Waals surface area contributed by atoms with E-state index in [-0.39, 0.29) is 23.8 Å². The van der Waals surface area contributed by atoms with Gasteiger partial charge in [-0.15, -0.1) is 0 Å². The molecule has 2 aromatic rings. The first kappa shape index (κ1) is 22.4. The summed E-state index contributed by atoms with van der Waals surface area (Å²) in [5.74, 6) is 0.688. The van der Waals surface area contributed by atoms with E-state index in [0.717, 1.165) is 36.9 Å². The molecule has 2 heterocycles. The van der Waals surface area contributed by atoms with Crippen LogP contribution in [-0.2, 0) is 9.59 Å². The van der Waals surface area contributed by atoms with Gasteiger partial charge in [-0.1, -0.05) is 43.0 Å². The Morgan fingerprint density at radius 1 is 1.19 bits per heavy atom. The summed E-state index contributed by atoms with van der Waals surface area (Å²) < 4.78 is 0. The van der Waals surface area contributed by atoms with Gasteiger partial charge in [0.05, 0.1) is 11.7 Å². The van der Waals surface area contributed by atoms with Crippen LogP contribution >= 0.6 is 11.6 Å². The van der Waals surface area contributed by atoms with Gasteiger partial charge in [0, 0.05) is 30.6 Å². The molecule has 1 aromatic carbocycles. The van der Waals surface area contributed by atoms with Crippen molar-refractivity contribution in [3.63, 3.8) is 0 Å². The number of anilines is 2. The Kier molecular flexibility index (Phi) is 7.15. The zero-order valence-electron chi connectivity index (χ0n) is 18.3. The number of halogens is 1. The van der Waals surface area contributed by atoms with Gasteiger partial charge in [0.25, 0.3) is 0 Å². The highest BCUT2D eigenvalue weighted by molar-refractivity contribution is 6.32. The van der Waals surface area contributed by atoms with Crippen LogP contribution < -0.4 is 16.0 Å². The molecule has 0 radical (unpaired) electrons. The molecule has 1 aromatic heterocycles. The number of nitrogens with zero attached hydrogens (tertiary/aromatic N) is 1. The topological polar surface area (TPSA) is 98.9 Å². The van der Waals surface area contributed by atoms with Gasteiger partial charge in [0.2, 0.25) is 11.8 Å². The third-order valence-electron chi connectivity index (χ3n) is 6.21. The molecule has 8 heteroatoms. The fourth-order valence-corrected chi connectivity index (χ4v) is 4.63. The van der Waals surface area contributed by atoms with Crippen LogP contribution in [0.15, 0.2) is 30.4 Å². The van der Waals surface area contributed by atoms with Crippen LogP contribution in [0.1, 0.15) is 63.2 Å². The normalized spacial score (nSPS) is 20.7. The van der Waals surface area contributed by atoms with E-state index < -0.39 is 0 Å². The van der Waals surface area contributed by atoms with Crippen LogP contribution in [-0.4, -0.2) is 28.8 Å². The molecule has 0 spiro atoms. The average Bonchev–Trinajstić information content (AvgIpc) is 3.19. The van der Waals surface area contributed by atoms with Gasteiger partial charge in [-0.3, -0.25) is 9.59 Å². The van der Waals surface area contributed by atoms with Crippen molar-refractivity contribution in [2.75, 3.05) is 17.7 Å². The number of hydrogen-bond acceptors (Lipinski definition) is 4. The predicted octanol–water partition coefficient (Wildman–Crippen LogP) is 5.19. The highest BCUT2D eigenvalue weighted by Crippen LogP contribution is 2.35. The lowest BCUT2D eigenvalue weighted by atomic mass is 9.88. The summed E-state index contributed by atoms with van der Waals surface area (Å²) in [5, 5.41) is 9.66. The van der Waals surface area contributed by atoms with Gasteiger partial charge < -0.3 is 20.9 Å². The van der Waals surface area contributed by atoms with Crippen molar-refractivity contribution in [3.05, 3.63) is 41.3 Å². The van der Waals surface area contributed by atoms with E-state index in [0.29, 0.717) is 41.6 Å². The van der Waals surface area contributed by atoms with Crippen molar-refractivity contribution in [1.29, 1.82) is 0 Å². The number of benzene rings is 1. The van der Waals surface area contributed by atoms with E-state index in [2.05, 4.69) is 20.9 Å². The molecule has 1 aliphatic carbocycles. The molecule has 4 rings (SSSR count). The van der Waals surface area contributed by atoms with Gasteiger partial charge in [0.15, 0.2) is 0 Å². The predicted molar refractivity (Wildman–Crippen MR) is 128 cm³/mol. The fraction of sp³-hybridized carbons (Fsp3) is 0.458. The van der Waals surface area contributed by atoms with Crippen LogP contribution in [0.25, 0.3) is 11.3 Å². The Morgan fingerprint density at radius 3 is 2.78 bits per heavy atom. The van der Waals surface area contributed by atoms with Gasteiger partial charge in [-0.2, -0.15) is 0 Å². The maximum Gasteiger partial charge on any atom is 0.224 e. The SMILES string of the molecule is CNc1ccc2c(c1)NC(=O)CC/C=C/CC(NC(=O)C1CCCCC1)c1nc-2c(Cl)[nH]1. The highest BCUT2D eigenvalue weighted by Gasteiger charge is 2.26. The third-order valence-corrected chi connectivity index (χ3v) is 6.49. The van der Waals surface area contributed by atoms with Crippen molar-refractivity contribution in [2.24, 2.45) is 5.92 Å². The Balaban J connectivity index is 1.68. The third kappa shape index (κ3) is 5.15. The Bertz CT molecular complexity index is 1010. The molecular formula is C24H30ClN5O2. The van der Waals surface area contributed by atoms with Crippen LogP contribution in [0.5, 0.6) is 0 Å². The number of carbonyl (C=O) groups is 2. The summed E-state index contributed by atoms with van der Waals surface area (Å²) >= 11 is 6.56. The number of rotatable bonds is 3. The van der Waals surface area contributed by atoms with Crippen LogP contribution in [0.4, 0.5) is 11.4 Å². The monoisotopic (exact) mass is 455 g/mol. The molecule has 1 saturated carbocycles. The molecule has 170 valence electrons. The summed E-state index contributed by atoms with van der Waals surface area (Å²) in [6.45, 7) is 0. The fourth-order valence-electron chi connectivity index (χ4n) is 4.39. The first-order valence-corrected chi connectivity index (χ1v) is 11.8.